The van der Waals surface area contributed by atoms with Crippen LogP contribution in [0.1, 0.15) is 23.9 Å². The van der Waals surface area contributed by atoms with Crippen LogP contribution in [0.25, 0.3) is 11.0 Å². The summed E-state index contributed by atoms with van der Waals surface area (Å²) < 4.78 is 24.3. The molecule has 0 saturated heterocycles. The number of sulfone groups is 1. The lowest BCUT2D eigenvalue weighted by atomic mass is 10.2. The van der Waals surface area contributed by atoms with Gasteiger partial charge in [-0.05, 0) is 25.0 Å². The topological polar surface area (TPSA) is 78.0 Å². The van der Waals surface area contributed by atoms with Gasteiger partial charge in [-0.25, -0.2) is 13.4 Å². The largest absolute Gasteiger partial charge is 0.330 e. The highest BCUT2D eigenvalue weighted by molar-refractivity contribution is 7.90. The standard InChI is InChI=1S/C13H19N3O2S/c1-9-5-4-6-11-12(9)16(2)13(15-11)10(14)7-8-19(3,17)18/h4-6,10H,7-8,14H2,1-3H3. The summed E-state index contributed by atoms with van der Waals surface area (Å²) in [7, 11) is -1.08. The first kappa shape index (κ1) is 14.0. The van der Waals surface area contributed by atoms with E-state index in [-0.39, 0.29) is 11.8 Å². The fourth-order valence-electron chi connectivity index (χ4n) is 2.28. The van der Waals surface area contributed by atoms with Crippen LogP contribution in [0.5, 0.6) is 0 Å². The number of rotatable bonds is 4. The maximum absolute atomic E-state index is 11.2. The van der Waals surface area contributed by atoms with Crippen LogP contribution >= 0.6 is 0 Å². The van der Waals surface area contributed by atoms with E-state index in [1.807, 2.05) is 36.7 Å². The Morgan fingerprint density at radius 2 is 2.11 bits per heavy atom. The molecule has 0 aliphatic rings. The zero-order valence-corrected chi connectivity index (χ0v) is 12.2. The first-order chi connectivity index (χ1) is 8.79. The van der Waals surface area contributed by atoms with Gasteiger partial charge in [0.1, 0.15) is 15.7 Å². The predicted molar refractivity (Wildman–Crippen MR) is 76.7 cm³/mol. The van der Waals surface area contributed by atoms with Crippen LogP contribution in [0, 0.1) is 6.92 Å². The summed E-state index contributed by atoms with van der Waals surface area (Å²) in [5.41, 5.74) is 9.15. The fourth-order valence-corrected chi connectivity index (χ4v) is 2.97. The molecule has 0 fully saturated rings. The number of fused-ring (bicyclic) bond motifs is 1. The van der Waals surface area contributed by atoms with Gasteiger partial charge in [-0.3, -0.25) is 0 Å². The number of para-hydroxylation sites is 1. The SMILES string of the molecule is Cc1cccc2nc(C(N)CCS(C)(=O)=O)n(C)c12. The molecule has 0 spiro atoms. The minimum Gasteiger partial charge on any atom is -0.330 e. The second kappa shape index (κ2) is 4.94. The molecule has 0 saturated carbocycles. The quantitative estimate of drug-likeness (QED) is 0.916. The van der Waals surface area contributed by atoms with Crippen LogP contribution in [0.4, 0.5) is 0 Å². The summed E-state index contributed by atoms with van der Waals surface area (Å²) in [5.74, 6) is 0.809. The van der Waals surface area contributed by atoms with Gasteiger partial charge in [0.15, 0.2) is 0 Å². The number of benzene rings is 1. The van der Waals surface area contributed by atoms with Gasteiger partial charge >= 0.3 is 0 Å². The zero-order chi connectivity index (χ0) is 14.2. The molecule has 0 bridgehead atoms. The molecule has 2 rings (SSSR count). The number of aryl methyl sites for hydroxylation is 2. The molecular weight excluding hydrogens is 262 g/mol. The molecule has 1 aromatic carbocycles. The highest BCUT2D eigenvalue weighted by Crippen LogP contribution is 2.22. The summed E-state index contributed by atoms with van der Waals surface area (Å²) in [6, 6.07) is 5.55. The Kier molecular flexibility index (Phi) is 3.64. The maximum atomic E-state index is 11.2. The second-order valence-electron chi connectivity index (χ2n) is 5.00. The Bertz CT molecular complexity index is 704. The number of hydrogen-bond donors (Lipinski definition) is 1. The van der Waals surface area contributed by atoms with Crippen molar-refractivity contribution in [2.75, 3.05) is 12.0 Å². The van der Waals surface area contributed by atoms with Crippen molar-refractivity contribution >= 4 is 20.9 Å². The summed E-state index contributed by atoms with van der Waals surface area (Å²) in [6.45, 7) is 2.02. The number of hydrogen-bond acceptors (Lipinski definition) is 4. The van der Waals surface area contributed by atoms with Crippen molar-refractivity contribution < 1.29 is 8.42 Å². The molecule has 19 heavy (non-hydrogen) atoms. The van der Waals surface area contributed by atoms with E-state index in [0.29, 0.717) is 6.42 Å². The smallest absolute Gasteiger partial charge is 0.147 e. The van der Waals surface area contributed by atoms with Crippen molar-refractivity contribution in [3.05, 3.63) is 29.6 Å². The molecule has 1 aromatic heterocycles. The Morgan fingerprint density at radius 3 is 2.68 bits per heavy atom. The molecule has 1 unspecified atom stereocenters. The predicted octanol–water partition coefficient (Wildman–Crippen LogP) is 1.32. The van der Waals surface area contributed by atoms with Crippen LogP contribution in [0.15, 0.2) is 18.2 Å². The van der Waals surface area contributed by atoms with Crippen LogP contribution in [0.2, 0.25) is 0 Å². The van der Waals surface area contributed by atoms with Gasteiger partial charge in [-0.15, -0.1) is 0 Å². The van der Waals surface area contributed by atoms with Gasteiger partial charge in [0, 0.05) is 13.3 Å². The highest BCUT2D eigenvalue weighted by atomic mass is 32.2. The van der Waals surface area contributed by atoms with Gasteiger partial charge in [0.05, 0.1) is 22.8 Å². The van der Waals surface area contributed by atoms with Crippen LogP contribution in [-0.2, 0) is 16.9 Å². The number of nitrogens with zero attached hydrogens (tertiary/aromatic N) is 2. The third-order valence-electron chi connectivity index (χ3n) is 3.26. The van der Waals surface area contributed by atoms with Crippen molar-refractivity contribution in [1.82, 2.24) is 9.55 Å². The third-order valence-corrected chi connectivity index (χ3v) is 4.24. The average molecular weight is 281 g/mol. The van der Waals surface area contributed by atoms with Gasteiger partial charge in [0.25, 0.3) is 0 Å². The van der Waals surface area contributed by atoms with E-state index in [0.717, 1.165) is 22.4 Å². The molecule has 2 aromatic rings. The average Bonchev–Trinajstić information content (AvgIpc) is 2.64. The Balaban J connectivity index is 2.35. The monoisotopic (exact) mass is 281 g/mol. The number of imidazole rings is 1. The minimum absolute atomic E-state index is 0.0797. The van der Waals surface area contributed by atoms with Gasteiger partial charge in [0.2, 0.25) is 0 Å². The Labute approximate surface area is 113 Å². The molecule has 1 heterocycles. The Hall–Kier alpha value is -1.40. The van der Waals surface area contributed by atoms with E-state index in [4.69, 9.17) is 5.73 Å². The van der Waals surface area contributed by atoms with Crippen molar-refractivity contribution in [3.8, 4) is 0 Å². The normalized spacial score (nSPS) is 13.9. The first-order valence-electron chi connectivity index (χ1n) is 6.15. The van der Waals surface area contributed by atoms with Crippen LogP contribution in [0.3, 0.4) is 0 Å². The lowest BCUT2D eigenvalue weighted by molar-refractivity contribution is 0.581. The van der Waals surface area contributed by atoms with Crippen LogP contribution < -0.4 is 5.73 Å². The lowest BCUT2D eigenvalue weighted by Gasteiger charge is -2.11. The van der Waals surface area contributed by atoms with Crippen molar-refractivity contribution in [3.63, 3.8) is 0 Å². The molecule has 0 aliphatic carbocycles. The number of aromatic nitrogens is 2. The first-order valence-corrected chi connectivity index (χ1v) is 8.21. The van der Waals surface area contributed by atoms with E-state index < -0.39 is 9.84 Å². The van der Waals surface area contributed by atoms with Crippen LogP contribution in [-0.4, -0.2) is 30.0 Å². The van der Waals surface area contributed by atoms with Crippen molar-refractivity contribution in [2.45, 2.75) is 19.4 Å². The van der Waals surface area contributed by atoms with Crippen molar-refractivity contribution in [1.29, 1.82) is 0 Å². The highest BCUT2D eigenvalue weighted by Gasteiger charge is 2.17. The second-order valence-corrected chi connectivity index (χ2v) is 7.26. The van der Waals surface area contributed by atoms with Gasteiger partial charge in [-0.1, -0.05) is 12.1 Å². The molecule has 104 valence electrons. The van der Waals surface area contributed by atoms with Gasteiger partial charge in [-0.2, -0.15) is 0 Å². The maximum Gasteiger partial charge on any atom is 0.147 e. The summed E-state index contributed by atoms with van der Waals surface area (Å²) >= 11 is 0. The van der Waals surface area contributed by atoms with E-state index in [2.05, 4.69) is 4.98 Å². The summed E-state index contributed by atoms with van der Waals surface area (Å²) in [4.78, 5) is 4.52. The number of nitrogens with two attached hydrogens (primary N) is 1. The van der Waals surface area contributed by atoms with Gasteiger partial charge < -0.3 is 10.3 Å². The fraction of sp³-hybridized carbons (Fsp3) is 0.462. The van der Waals surface area contributed by atoms with E-state index in [1.54, 1.807) is 0 Å². The molecular formula is C13H19N3O2S. The van der Waals surface area contributed by atoms with Crippen molar-refractivity contribution in [2.24, 2.45) is 12.8 Å². The summed E-state index contributed by atoms with van der Waals surface area (Å²) in [5, 5.41) is 0. The molecule has 0 amide bonds. The van der Waals surface area contributed by atoms with E-state index in [1.165, 1.54) is 6.26 Å². The third kappa shape index (κ3) is 2.96. The minimum atomic E-state index is -3.00. The molecule has 0 radical (unpaired) electrons. The molecule has 6 heteroatoms. The van der Waals surface area contributed by atoms with E-state index >= 15 is 0 Å². The summed E-state index contributed by atoms with van der Waals surface area (Å²) in [6.07, 6.45) is 1.60. The van der Waals surface area contributed by atoms with E-state index in [9.17, 15) is 8.42 Å². The molecule has 2 N–H and O–H groups in total. The Morgan fingerprint density at radius 1 is 1.42 bits per heavy atom. The molecule has 5 nitrogen and oxygen atoms in total. The molecule has 0 aliphatic heterocycles. The molecule has 1 atom stereocenters. The zero-order valence-electron chi connectivity index (χ0n) is 11.4. The lowest BCUT2D eigenvalue weighted by Crippen LogP contribution is -2.19.